The number of nitrogens with one attached hydrogen (secondary N) is 1. The summed E-state index contributed by atoms with van der Waals surface area (Å²) in [6, 6.07) is 8.48. The first-order valence-corrected chi connectivity index (χ1v) is 11.8. The summed E-state index contributed by atoms with van der Waals surface area (Å²) >= 11 is 0. The Hall–Kier alpha value is -2.98. The van der Waals surface area contributed by atoms with Crippen LogP contribution in [0.1, 0.15) is 59.3 Å². The third-order valence-electron chi connectivity index (χ3n) is 5.08. The third-order valence-corrected chi connectivity index (χ3v) is 6.99. The second kappa shape index (κ2) is 10.6. The van der Waals surface area contributed by atoms with Crippen LogP contribution in [0.25, 0.3) is 0 Å². The number of benzene rings is 1. The smallest absolute Gasteiger partial charge is 0.338 e. The lowest BCUT2D eigenvalue weighted by molar-refractivity contribution is -0.119. The van der Waals surface area contributed by atoms with Crippen LogP contribution in [0.3, 0.4) is 0 Å². The Morgan fingerprint density at radius 2 is 1.66 bits per heavy atom. The number of ether oxygens (including phenoxy) is 1. The number of sulfonamides is 1. The molecule has 2 aromatic rings. The third kappa shape index (κ3) is 6.04. The predicted octanol–water partition coefficient (Wildman–Crippen LogP) is 2.52. The number of hydrogen-bond acceptors (Lipinski definition) is 7. The molecular weight excluding hydrogens is 436 g/mol. The van der Waals surface area contributed by atoms with Gasteiger partial charge in [0.05, 0.1) is 17.0 Å². The van der Waals surface area contributed by atoms with E-state index in [1.54, 1.807) is 6.07 Å². The topological polar surface area (TPSA) is 123 Å². The molecule has 0 aliphatic carbocycles. The number of Topliss-reactive ketones (excluding diaryl/α,β-unsaturated/α-hetero) is 1. The minimum absolute atomic E-state index is 0.0112. The summed E-state index contributed by atoms with van der Waals surface area (Å²) in [6.45, 7) is 1.97. The minimum Gasteiger partial charge on any atom is -0.456 e. The van der Waals surface area contributed by atoms with Gasteiger partial charge in [0.2, 0.25) is 21.7 Å². The van der Waals surface area contributed by atoms with E-state index in [4.69, 9.17) is 9.15 Å². The molecule has 1 aromatic heterocycles. The van der Waals surface area contributed by atoms with Crippen LogP contribution in [0.2, 0.25) is 0 Å². The first kappa shape index (κ1) is 23.7. The van der Waals surface area contributed by atoms with Crippen molar-refractivity contribution in [2.24, 2.45) is 0 Å². The van der Waals surface area contributed by atoms with Crippen molar-refractivity contribution >= 4 is 27.7 Å². The number of ketones is 1. The lowest BCUT2D eigenvalue weighted by Crippen LogP contribution is -2.31. The van der Waals surface area contributed by atoms with Gasteiger partial charge in [0.15, 0.2) is 12.4 Å². The number of esters is 1. The lowest BCUT2D eigenvalue weighted by Gasteiger charge is -2.19. The largest absolute Gasteiger partial charge is 0.456 e. The molecule has 9 nitrogen and oxygen atoms in total. The molecule has 1 aliphatic rings. The van der Waals surface area contributed by atoms with Gasteiger partial charge in [-0.3, -0.25) is 9.59 Å². The molecule has 10 heteroatoms. The van der Waals surface area contributed by atoms with Crippen molar-refractivity contribution in [2.45, 2.75) is 44.0 Å². The van der Waals surface area contributed by atoms with Gasteiger partial charge in [0, 0.05) is 20.0 Å². The maximum atomic E-state index is 12.8. The summed E-state index contributed by atoms with van der Waals surface area (Å²) < 4.78 is 37.5. The van der Waals surface area contributed by atoms with Crippen molar-refractivity contribution in [3.63, 3.8) is 0 Å². The van der Waals surface area contributed by atoms with Crippen molar-refractivity contribution < 1.29 is 32.0 Å². The van der Waals surface area contributed by atoms with Crippen molar-refractivity contribution in [2.75, 3.05) is 19.7 Å². The van der Waals surface area contributed by atoms with Crippen molar-refractivity contribution in [1.82, 2.24) is 9.62 Å². The van der Waals surface area contributed by atoms with Crippen LogP contribution >= 0.6 is 0 Å². The van der Waals surface area contributed by atoms with Crippen LogP contribution in [0.15, 0.2) is 45.7 Å². The average molecular weight is 463 g/mol. The maximum absolute atomic E-state index is 12.8. The average Bonchev–Trinajstić information content (AvgIpc) is 3.08. The number of hydrogen-bond donors (Lipinski definition) is 1. The molecule has 0 spiro atoms. The minimum atomic E-state index is -3.61. The fourth-order valence-corrected chi connectivity index (χ4v) is 4.83. The zero-order chi connectivity index (χ0) is 23.1. The predicted molar refractivity (Wildman–Crippen MR) is 115 cm³/mol. The number of carbonyl (C=O) groups is 3. The van der Waals surface area contributed by atoms with Gasteiger partial charge in [0.1, 0.15) is 5.76 Å². The summed E-state index contributed by atoms with van der Waals surface area (Å²) in [6.07, 6.45) is 3.71. The van der Waals surface area contributed by atoms with Crippen molar-refractivity contribution in [3.05, 3.63) is 53.5 Å². The number of furan rings is 1. The number of rotatable bonds is 8. The van der Waals surface area contributed by atoms with Crippen LogP contribution < -0.4 is 5.32 Å². The highest BCUT2D eigenvalue weighted by Crippen LogP contribution is 2.21. The van der Waals surface area contributed by atoms with Gasteiger partial charge >= 0.3 is 5.97 Å². The van der Waals surface area contributed by atoms with Gasteiger partial charge in [-0.2, -0.15) is 4.31 Å². The molecule has 1 amide bonds. The van der Waals surface area contributed by atoms with E-state index in [9.17, 15) is 22.8 Å². The number of nitrogens with zero attached hydrogens (tertiary/aromatic N) is 1. The molecule has 2 heterocycles. The van der Waals surface area contributed by atoms with Gasteiger partial charge in [0.25, 0.3) is 0 Å². The summed E-state index contributed by atoms with van der Waals surface area (Å²) in [5, 5.41) is 2.55. The normalized spacial score (nSPS) is 15.0. The van der Waals surface area contributed by atoms with Gasteiger partial charge < -0.3 is 14.5 Å². The second-order valence-corrected chi connectivity index (χ2v) is 9.46. The van der Waals surface area contributed by atoms with Crippen LogP contribution in [-0.4, -0.2) is 50.1 Å². The Labute approximate surface area is 186 Å². The van der Waals surface area contributed by atoms with Crippen LogP contribution in [0.4, 0.5) is 0 Å². The Kier molecular flexibility index (Phi) is 7.81. The molecule has 172 valence electrons. The summed E-state index contributed by atoms with van der Waals surface area (Å²) in [5.41, 5.74) is 0.137. The standard InChI is InChI=1S/C22H26N2O7S/c1-16(25)23-14-18-8-11-21(31-18)20(26)15-30-22(27)17-6-9-19(10-7-17)32(28,29)24-12-4-2-3-5-13-24/h6-11H,2-5,12-15H2,1H3,(H,23,25). The molecule has 32 heavy (non-hydrogen) atoms. The SMILES string of the molecule is CC(=O)NCc1ccc(C(=O)COC(=O)c2ccc(S(=O)(=O)N3CCCCCC3)cc2)o1. The van der Waals surface area contributed by atoms with Gasteiger partial charge in [-0.15, -0.1) is 0 Å². The van der Waals surface area contributed by atoms with E-state index in [-0.39, 0.29) is 28.7 Å². The molecule has 1 fully saturated rings. The Morgan fingerprint density at radius 1 is 1.00 bits per heavy atom. The van der Waals surface area contributed by atoms with E-state index < -0.39 is 28.4 Å². The molecule has 0 radical (unpaired) electrons. The van der Waals surface area contributed by atoms with Crippen LogP contribution in [0, 0.1) is 0 Å². The van der Waals surface area contributed by atoms with Gasteiger partial charge in [-0.25, -0.2) is 13.2 Å². The molecule has 1 N–H and O–H groups in total. The molecule has 0 unspecified atom stereocenters. The first-order valence-electron chi connectivity index (χ1n) is 10.4. The quantitative estimate of drug-likeness (QED) is 0.472. The highest BCUT2D eigenvalue weighted by Gasteiger charge is 2.25. The number of carbonyl (C=O) groups excluding carboxylic acids is 3. The van der Waals surface area contributed by atoms with E-state index in [2.05, 4.69) is 5.32 Å². The highest BCUT2D eigenvalue weighted by molar-refractivity contribution is 7.89. The fourth-order valence-electron chi connectivity index (χ4n) is 3.31. The molecule has 1 aliphatic heterocycles. The van der Waals surface area contributed by atoms with Gasteiger partial charge in [-0.1, -0.05) is 12.8 Å². The number of amides is 1. The molecular formula is C22H26N2O7S. The molecule has 1 saturated heterocycles. The zero-order valence-corrected chi connectivity index (χ0v) is 18.7. The fraction of sp³-hybridized carbons (Fsp3) is 0.409. The van der Waals surface area contributed by atoms with Crippen molar-refractivity contribution in [1.29, 1.82) is 0 Å². The van der Waals surface area contributed by atoms with Crippen LogP contribution in [-0.2, 0) is 26.1 Å². The van der Waals surface area contributed by atoms with Crippen molar-refractivity contribution in [3.8, 4) is 0 Å². The monoisotopic (exact) mass is 462 g/mol. The second-order valence-electron chi connectivity index (χ2n) is 7.52. The molecule has 3 rings (SSSR count). The van der Waals surface area contributed by atoms with E-state index in [1.165, 1.54) is 41.6 Å². The lowest BCUT2D eigenvalue weighted by atomic mass is 10.2. The Morgan fingerprint density at radius 3 is 2.28 bits per heavy atom. The summed E-state index contributed by atoms with van der Waals surface area (Å²) in [7, 11) is -3.61. The zero-order valence-electron chi connectivity index (χ0n) is 17.8. The molecule has 0 bridgehead atoms. The highest BCUT2D eigenvalue weighted by atomic mass is 32.2. The maximum Gasteiger partial charge on any atom is 0.338 e. The Balaban J connectivity index is 1.56. The molecule has 1 aromatic carbocycles. The van der Waals surface area contributed by atoms with E-state index >= 15 is 0 Å². The molecule has 0 saturated carbocycles. The van der Waals surface area contributed by atoms with Gasteiger partial charge in [-0.05, 0) is 49.2 Å². The van der Waals surface area contributed by atoms with E-state index in [1.807, 2.05) is 0 Å². The van der Waals surface area contributed by atoms with E-state index in [0.717, 1.165) is 25.7 Å². The summed E-state index contributed by atoms with van der Waals surface area (Å²) in [4.78, 5) is 35.5. The molecule has 0 atom stereocenters. The summed E-state index contributed by atoms with van der Waals surface area (Å²) in [5.74, 6) is -1.10. The van der Waals surface area contributed by atoms with Crippen LogP contribution in [0.5, 0.6) is 0 Å². The van der Waals surface area contributed by atoms with E-state index in [0.29, 0.717) is 18.8 Å². The first-order chi connectivity index (χ1) is 15.3. The Bertz CT molecular complexity index is 1070.